The van der Waals surface area contributed by atoms with Crippen LogP contribution in [-0.4, -0.2) is 37.0 Å². The standard InChI is InChI=1S/C22H37N3O2/c1-20(2)8-6-7-9-21(12-14-23-15-13-21)19(27)24-17-22(25-18(26)16-20)10-4-3-5-11-22/h6-7,23H,3-5,8-17H2,1-2H3,(H,24,27)(H,25,26)/b7-6+. The first-order valence-corrected chi connectivity index (χ1v) is 10.8. The Morgan fingerprint density at radius 1 is 0.889 bits per heavy atom. The van der Waals surface area contributed by atoms with Crippen LogP contribution in [0.1, 0.15) is 78.1 Å². The van der Waals surface area contributed by atoms with E-state index in [1.165, 1.54) is 6.42 Å². The van der Waals surface area contributed by atoms with Crippen molar-refractivity contribution in [3.8, 4) is 0 Å². The molecule has 0 aromatic heterocycles. The molecule has 2 fully saturated rings. The Balaban J connectivity index is 1.84. The van der Waals surface area contributed by atoms with E-state index in [4.69, 9.17) is 0 Å². The Bertz CT molecular complexity index is 570. The monoisotopic (exact) mass is 375 g/mol. The zero-order valence-corrected chi connectivity index (χ0v) is 17.2. The summed E-state index contributed by atoms with van der Waals surface area (Å²) in [7, 11) is 0. The van der Waals surface area contributed by atoms with Crippen LogP contribution in [0.2, 0.25) is 0 Å². The van der Waals surface area contributed by atoms with E-state index in [1.54, 1.807) is 0 Å². The lowest BCUT2D eigenvalue weighted by molar-refractivity contribution is -0.133. The SMILES string of the molecule is CC1(C)C/C=C/CC2(CCNCC2)C(=O)NCC2(CCCCC2)NC(=O)C1. The number of rotatable bonds is 0. The largest absolute Gasteiger partial charge is 0.353 e. The van der Waals surface area contributed by atoms with Crippen LogP contribution in [0.3, 0.4) is 0 Å². The number of carbonyl (C=O) groups excluding carboxylic acids is 2. The zero-order valence-electron chi connectivity index (χ0n) is 17.2. The maximum Gasteiger partial charge on any atom is 0.226 e. The van der Waals surface area contributed by atoms with Crippen molar-refractivity contribution in [2.75, 3.05) is 19.6 Å². The molecule has 2 spiro atoms. The molecule has 0 atom stereocenters. The highest BCUT2D eigenvalue weighted by Crippen LogP contribution is 2.36. The third kappa shape index (κ3) is 5.13. The van der Waals surface area contributed by atoms with Gasteiger partial charge in [-0.1, -0.05) is 45.3 Å². The predicted octanol–water partition coefficient (Wildman–Crippen LogP) is 3.06. The second kappa shape index (κ2) is 8.34. The molecule has 0 unspecified atom stereocenters. The zero-order chi connectivity index (χ0) is 19.4. The van der Waals surface area contributed by atoms with Crippen molar-refractivity contribution in [1.29, 1.82) is 0 Å². The summed E-state index contributed by atoms with van der Waals surface area (Å²) >= 11 is 0. The van der Waals surface area contributed by atoms with E-state index < -0.39 is 0 Å². The molecule has 0 radical (unpaired) electrons. The minimum absolute atomic E-state index is 0.0663. The molecular formula is C22H37N3O2. The highest BCUT2D eigenvalue weighted by Gasteiger charge is 2.41. The van der Waals surface area contributed by atoms with Crippen molar-refractivity contribution in [1.82, 2.24) is 16.0 Å². The number of piperidine rings is 1. The van der Waals surface area contributed by atoms with Gasteiger partial charge in [0.2, 0.25) is 11.8 Å². The Kier molecular flexibility index (Phi) is 6.29. The van der Waals surface area contributed by atoms with E-state index in [2.05, 4.69) is 41.9 Å². The van der Waals surface area contributed by atoms with E-state index in [0.29, 0.717) is 13.0 Å². The summed E-state index contributed by atoms with van der Waals surface area (Å²) in [4.78, 5) is 26.0. The fourth-order valence-corrected chi connectivity index (χ4v) is 5.00. The lowest BCUT2D eigenvalue weighted by atomic mass is 9.74. The van der Waals surface area contributed by atoms with Gasteiger partial charge in [-0.25, -0.2) is 0 Å². The minimum Gasteiger partial charge on any atom is -0.353 e. The smallest absolute Gasteiger partial charge is 0.226 e. The molecule has 2 amide bonds. The van der Waals surface area contributed by atoms with Crippen molar-refractivity contribution < 1.29 is 9.59 Å². The quantitative estimate of drug-likeness (QED) is 0.570. The van der Waals surface area contributed by atoms with Crippen LogP contribution in [0.25, 0.3) is 0 Å². The molecule has 0 aromatic rings. The lowest BCUT2D eigenvalue weighted by Gasteiger charge is -2.41. The van der Waals surface area contributed by atoms with E-state index >= 15 is 0 Å². The number of hydrogen-bond donors (Lipinski definition) is 3. The van der Waals surface area contributed by atoms with Gasteiger partial charge in [-0.15, -0.1) is 0 Å². The van der Waals surface area contributed by atoms with Gasteiger partial charge in [0.05, 0.1) is 11.0 Å². The summed E-state index contributed by atoms with van der Waals surface area (Å²) in [5.41, 5.74) is -0.639. The van der Waals surface area contributed by atoms with Gasteiger partial charge in [0.1, 0.15) is 0 Å². The topological polar surface area (TPSA) is 70.2 Å². The molecule has 1 saturated carbocycles. The molecule has 3 aliphatic rings. The molecule has 3 rings (SSSR count). The molecule has 152 valence electrons. The minimum atomic E-state index is -0.306. The summed E-state index contributed by atoms with van der Waals surface area (Å²) in [5.74, 6) is 0.298. The van der Waals surface area contributed by atoms with E-state index in [9.17, 15) is 9.59 Å². The van der Waals surface area contributed by atoms with E-state index in [1.807, 2.05) is 0 Å². The predicted molar refractivity (Wildman–Crippen MR) is 108 cm³/mol. The molecule has 1 aliphatic carbocycles. The van der Waals surface area contributed by atoms with Gasteiger partial charge < -0.3 is 16.0 Å². The van der Waals surface area contributed by atoms with Crippen LogP contribution in [0.4, 0.5) is 0 Å². The molecule has 5 nitrogen and oxygen atoms in total. The Morgan fingerprint density at radius 2 is 1.56 bits per heavy atom. The Labute approximate surface area is 164 Å². The van der Waals surface area contributed by atoms with Crippen molar-refractivity contribution in [2.24, 2.45) is 10.8 Å². The highest BCUT2D eigenvalue weighted by atomic mass is 16.2. The van der Waals surface area contributed by atoms with Gasteiger partial charge in [0.25, 0.3) is 0 Å². The molecule has 2 heterocycles. The van der Waals surface area contributed by atoms with Gasteiger partial charge in [-0.3, -0.25) is 9.59 Å². The fraction of sp³-hybridized carbons (Fsp3) is 0.818. The Morgan fingerprint density at radius 3 is 2.26 bits per heavy atom. The number of hydrogen-bond acceptors (Lipinski definition) is 3. The molecule has 5 heteroatoms. The van der Waals surface area contributed by atoms with Crippen LogP contribution in [0.5, 0.6) is 0 Å². The molecule has 3 N–H and O–H groups in total. The maximum absolute atomic E-state index is 13.2. The fourth-order valence-electron chi connectivity index (χ4n) is 5.00. The van der Waals surface area contributed by atoms with E-state index in [0.717, 1.165) is 64.5 Å². The number of amides is 2. The van der Waals surface area contributed by atoms with Crippen LogP contribution in [-0.2, 0) is 9.59 Å². The number of nitrogens with one attached hydrogen (secondary N) is 3. The first kappa shape index (κ1) is 20.4. The summed E-state index contributed by atoms with van der Waals surface area (Å²) < 4.78 is 0. The van der Waals surface area contributed by atoms with Gasteiger partial charge in [0.15, 0.2) is 0 Å². The molecule has 2 aliphatic heterocycles. The third-order valence-corrected chi connectivity index (χ3v) is 6.83. The van der Waals surface area contributed by atoms with Crippen LogP contribution in [0, 0.1) is 10.8 Å². The summed E-state index contributed by atoms with van der Waals surface area (Å²) in [6.07, 6.45) is 13.7. The molecule has 0 bridgehead atoms. The van der Waals surface area contributed by atoms with Crippen molar-refractivity contribution in [3.05, 3.63) is 12.2 Å². The second-order valence-electron chi connectivity index (χ2n) is 9.82. The van der Waals surface area contributed by atoms with Gasteiger partial charge in [0, 0.05) is 13.0 Å². The molecule has 0 aromatic carbocycles. The maximum atomic E-state index is 13.2. The molecule has 27 heavy (non-hydrogen) atoms. The van der Waals surface area contributed by atoms with Crippen molar-refractivity contribution >= 4 is 11.8 Å². The third-order valence-electron chi connectivity index (χ3n) is 6.83. The van der Waals surface area contributed by atoms with Crippen molar-refractivity contribution in [3.63, 3.8) is 0 Å². The lowest BCUT2D eigenvalue weighted by Crippen LogP contribution is -2.59. The summed E-state index contributed by atoms with van der Waals surface area (Å²) in [6, 6.07) is 0. The summed E-state index contributed by atoms with van der Waals surface area (Å²) in [5, 5.41) is 10.0. The Hall–Kier alpha value is -1.36. The second-order valence-corrected chi connectivity index (χ2v) is 9.82. The first-order chi connectivity index (χ1) is 12.9. The van der Waals surface area contributed by atoms with Gasteiger partial charge >= 0.3 is 0 Å². The number of allylic oxidation sites excluding steroid dienone is 2. The molecule has 1 saturated heterocycles. The van der Waals surface area contributed by atoms with E-state index in [-0.39, 0.29) is 28.2 Å². The van der Waals surface area contributed by atoms with Crippen molar-refractivity contribution in [2.45, 2.75) is 83.6 Å². The first-order valence-electron chi connectivity index (χ1n) is 10.8. The average molecular weight is 376 g/mol. The summed E-state index contributed by atoms with van der Waals surface area (Å²) in [6.45, 7) is 6.68. The van der Waals surface area contributed by atoms with Gasteiger partial charge in [-0.2, -0.15) is 0 Å². The van der Waals surface area contributed by atoms with Gasteiger partial charge in [-0.05, 0) is 57.0 Å². The average Bonchev–Trinajstić information content (AvgIpc) is 2.64. The highest BCUT2D eigenvalue weighted by molar-refractivity contribution is 5.83. The normalized spacial score (nSPS) is 29.7. The number of carbonyl (C=O) groups is 2. The van der Waals surface area contributed by atoms with Crippen LogP contribution < -0.4 is 16.0 Å². The van der Waals surface area contributed by atoms with Crippen LogP contribution in [0.15, 0.2) is 12.2 Å². The van der Waals surface area contributed by atoms with Crippen LogP contribution >= 0.6 is 0 Å². The molecular weight excluding hydrogens is 338 g/mol.